The first-order valence-electron chi connectivity index (χ1n) is 4.58. The van der Waals surface area contributed by atoms with Crippen molar-refractivity contribution in [1.29, 1.82) is 0 Å². The zero-order chi connectivity index (χ0) is 11.5. The van der Waals surface area contributed by atoms with Crippen LogP contribution in [-0.2, 0) is 0 Å². The third-order valence-corrected chi connectivity index (χ3v) is 2.20. The molecule has 0 unspecified atom stereocenters. The van der Waals surface area contributed by atoms with Gasteiger partial charge in [0.15, 0.2) is 6.29 Å². The van der Waals surface area contributed by atoms with Gasteiger partial charge in [0.2, 0.25) is 0 Å². The smallest absolute Gasteiger partial charge is 0.168 e. The first kappa shape index (κ1) is 10.4. The maximum absolute atomic E-state index is 13.1. The van der Waals surface area contributed by atoms with E-state index in [0.717, 1.165) is 0 Å². The Morgan fingerprint density at radius 1 is 1.50 bits per heavy atom. The normalized spacial score (nSPS) is 10.1. The number of aromatic amines is 1. The molecule has 16 heavy (non-hydrogen) atoms. The lowest BCUT2D eigenvalue weighted by atomic mass is 10.1. The fourth-order valence-corrected chi connectivity index (χ4v) is 1.47. The van der Waals surface area contributed by atoms with E-state index >= 15 is 0 Å². The van der Waals surface area contributed by atoms with Crippen LogP contribution in [0.4, 0.5) is 4.39 Å². The molecule has 2 aromatic rings. The summed E-state index contributed by atoms with van der Waals surface area (Å²) in [5.74, 6) is 0.0623. The highest BCUT2D eigenvalue weighted by Gasteiger charge is 2.13. The molecule has 0 spiro atoms. The number of aldehydes is 1. The average Bonchev–Trinajstić information content (AvgIpc) is 2.76. The first-order chi connectivity index (χ1) is 7.76. The molecule has 0 aliphatic rings. The van der Waals surface area contributed by atoms with Gasteiger partial charge in [-0.15, -0.1) is 0 Å². The lowest BCUT2D eigenvalue weighted by Gasteiger charge is -2.06. The third kappa shape index (κ3) is 1.67. The molecule has 82 valence electrons. The van der Waals surface area contributed by atoms with E-state index in [1.807, 2.05) is 0 Å². The van der Waals surface area contributed by atoms with Crippen LogP contribution in [0.2, 0.25) is 0 Å². The fraction of sp³-hybridized carbons (Fsp3) is 0.0909. The predicted octanol–water partition coefficient (Wildman–Crippen LogP) is 2.04. The molecule has 4 nitrogen and oxygen atoms in total. The van der Waals surface area contributed by atoms with E-state index in [4.69, 9.17) is 4.74 Å². The zero-order valence-electron chi connectivity index (χ0n) is 8.53. The number of benzene rings is 1. The van der Waals surface area contributed by atoms with E-state index in [2.05, 4.69) is 9.97 Å². The van der Waals surface area contributed by atoms with Crippen molar-refractivity contribution in [3.63, 3.8) is 0 Å². The Balaban J connectivity index is 2.62. The van der Waals surface area contributed by atoms with Gasteiger partial charge in [-0.25, -0.2) is 9.37 Å². The number of imidazole rings is 1. The van der Waals surface area contributed by atoms with Gasteiger partial charge in [-0.3, -0.25) is 4.79 Å². The summed E-state index contributed by atoms with van der Waals surface area (Å²) in [7, 11) is 1.48. The standard InChI is InChI=1S/C11H9FN2O2/c1-16-10-3-2-7(12)4-8(10)11-9(5-15)13-6-14-11/h2-6H,1H3,(H,13,14). The Morgan fingerprint density at radius 3 is 3.00 bits per heavy atom. The summed E-state index contributed by atoms with van der Waals surface area (Å²) >= 11 is 0. The van der Waals surface area contributed by atoms with E-state index in [0.29, 0.717) is 29.0 Å². The summed E-state index contributed by atoms with van der Waals surface area (Å²) in [6.07, 6.45) is 2.01. The number of H-pyrrole nitrogens is 1. The van der Waals surface area contributed by atoms with Crippen molar-refractivity contribution in [3.05, 3.63) is 36.0 Å². The van der Waals surface area contributed by atoms with Crippen molar-refractivity contribution < 1.29 is 13.9 Å². The largest absolute Gasteiger partial charge is 0.496 e. The molecule has 0 atom stereocenters. The molecule has 1 aromatic heterocycles. The number of rotatable bonds is 3. The van der Waals surface area contributed by atoms with Crippen molar-refractivity contribution in [1.82, 2.24) is 9.97 Å². The number of carbonyl (C=O) groups excluding carboxylic acids is 1. The highest BCUT2D eigenvalue weighted by atomic mass is 19.1. The monoisotopic (exact) mass is 220 g/mol. The molecule has 5 heteroatoms. The highest BCUT2D eigenvalue weighted by Crippen LogP contribution is 2.30. The Kier molecular flexibility index (Phi) is 2.68. The summed E-state index contributed by atoms with van der Waals surface area (Å²) in [4.78, 5) is 17.4. The zero-order valence-corrected chi connectivity index (χ0v) is 8.53. The van der Waals surface area contributed by atoms with E-state index in [-0.39, 0.29) is 0 Å². The van der Waals surface area contributed by atoms with Gasteiger partial charge < -0.3 is 9.72 Å². The summed E-state index contributed by atoms with van der Waals surface area (Å²) in [5.41, 5.74) is 1.13. The van der Waals surface area contributed by atoms with E-state index in [1.54, 1.807) is 0 Å². The van der Waals surface area contributed by atoms with Crippen LogP contribution < -0.4 is 4.74 Å². The molecule has 2 rings (SSSR count). The Hall–Kier alpha value is -2.17. The van der Waals surface area contributed by atoms with Gasteiger partial charge in [-0.1, -0.05) is 0 Å². The number of nitrogens with zero attached hydrogens (tertiary/aromatic N) is 1. The SMILES string of the molecule is COc1ccc(F)cc1-c1nc[nH]c1C=O. The molecule has 0 radical (unpaired) electrons. The number of hydrogen-bond acceptors (Lipinski definition) is 3. The maximum Gasteiger partial charge on any atom is 0.168 e. The number of nitrogens with one attached hydrogen (secondary N) is 1. The van der Waals surface area contributed by atoms with Crippen molar-refractivity contribution in [2.45, 2.75) is 0 Å². The van der Waals surface area contributed by atoms with E-state index in [1.165, 1.54) is 31.6 Å². The molecule has 0 aliphatic carbocycles. The van der Waals surface area contributed by atoms with Crippen LogP contribution in [0.25, 0.3) is 11.3 Å². The molecular formula is C11H9FN2O2. The van der Waals surface area contributed by atoms with E-state index in [9.17, 15) is 9.18 Å². The van der Waals surface area contributed by atoms with Gasteiger partial charge in [-0.05, 0) is 18.2 Å². The Morgan fingerprint density at radius 2 is 2.31 bits per heavy atom. The lowest BCUT2D eigenvalue weighted by Crippen LogP contribution is -1.92. The van der Waals surface area contributed by atoms with Crippen LogP contribution in [0.5, 0.6) is 5.75 Å². The summed E-state index contributed by atoms with van der Waals surface area (Å²) in [5, 5.41) is 0. The Bertz CT molecular complexity index is 522. The van der Waals surface area contributed by atoms with Crippen LogP contribution in [0.15, 0.2) is 24.5 Å². The first-order valence-corrected chi connectivity index (χ1v) is 4.58. The number of halogens is 1. The second kappa shape index (κ2) is 4.14. The van der Waals surface area contributed by atoms with E-state index < -0.39 is 5.82 Å². The molecule has 1 N–H and O–H groups in total. The number of hydrogen-bond donors (Lipinski definition) is 1. The second-order valence-electron chi connectivity index (χ2n) is 3.13. The van der Waals surface area contributed by atoms with Gasteiger partial charge >= 0.3 is 0 Å². The summed E-state index contributed by atoms with van der Waals surface area (Å²) in [6, 6.07) is 4.06. The van der Waals surface area contributed by atoms with Crippen LogP contribution in [0.3, 0.4) is 0 Å². The van der Waals surface area contributed by atoms with Crippen LogP contribution in [-0.4, -0.2) is 23.4 Å². The minimum atomic E-state index is -0.407. The Labute approximate surface area is 91.1 Å². The minimum Gasteiger partial charge on any atom is -0.496 e. The van der Waals surface area contributed by atoms with Gasteiger partial charge in [0.05, 0.1) is 13.4 Å². The van der Waals surface area contributed by atoms with Gasteiger partial charge in [-0.2, -0.15) is 0 Å². The van der Waals surface area contributed by atoms with Crippen molar-refractivity contribution in [3.8, 4) is 17.0 Å². The topological polar surface area (TPSA) is 55.0 Å². The van der Waals surface area contributed by atoms with Gasteiger partial charge in [0.25, 0.3) is 0 Å². The third-order valence-electron chi connectivity index (χ3n) is 2.20. The number of methoxy groups -OCH3 is 1. The number of aromatic nitrogens is 2. The molecule has 0 saturated heterocycles. The molecule has 0 bridgehead atoms. The molecule has 0 amide bonds. The summed E-state index contributed by atoms with van der Waals surface area (Å²) < 4.78 is 18.2. The second-order valence-corrected chi connectivity index (χ2v) is 3.13. The maximum atomic E-state index is 13.1. The molecule has 0 fully saturated rings. The average molecular weight is 220 g/mol. The van der Waals surface area contributed by atoms with Crippen LogP contribution in [0.1, 0.15) is 10.5 Å². The minimum absolute atomic E-state index is 0.295. The lowest BCUT2D eigenvalue weighted by molar-refractivity contribution is 0.112. The fourth-order valence-electron chi connectivity index (χ4n) is 1.47. The predicted molar refractivity (Wildman–Crippen MR) is 55.9 cm³/mol. The van der Waals surface area contributed by atoms with Crippen LogP contribution in [0, 0.1) is 5.82 Å². The molecule has 0 aliphatic heterocycles. The summed E-state index contributed by atoms with van der Waals surface area (Å²) in [6.45, 7) is 0. The van der Waals surface area contributed by atoms with Crippen molar-refractivity contribution in [2.24, 2.45) is 0 Å². The number of carbonyl (C=O) groups is 1. The molecule has 1 aromatic carbocycles. The molecular weight excluding hydrogens is 211 g/mol. The van der Waals surface area contributed by atoms with Gasteiger partial charge in [0.1, 0.15) is 23.0 Å². The van der Waals surface area contributed by atoms with Crippen molar-refractivity contribution in [2.75, 3.05) is 7.11 Å². The van der Waals surface area contributed by atoms with Crippen molar-refractivity contribution >= 4 is 6.29 Å². The highest BCUT2D eigenvalue weighted by molar-refractivity contribution is 5.85. The van der Waals surface area contributed by atoms with Gasteiger partial charge in [0, 0.05) is 5.56 Å². The number of ether oxygens (including phenoxy) is 1. The van der Waals surface area contributed by atoms with Crippen LogP contribution >= 0.6 is 0 Å². The molecule has 0 saturated carbocycles. The quantitative estimate of drug-likeness (QED) is 0.805. The molecule has 1 heterocycles.